The lowest BCUT2D eigenvalue weighted by molar-refractivity contribution is 0.0693. The van der Waals surface area contributed by atoms with Crippen LogP contribution in [0.2, 0.25) is 0 Å². The molecule has 0 aliphatic rings. The molecule has 3 rings (SSSR count). The largest absolute Gasteiger partial charge is 0.478 e. The number of hydrogen-bond donors (Lipinski definition) is 1. The first kappa shape index (κ1) is 13.6. The Kier molecular flexibility index (Phi) is 3.13. The molecule has 0 fully saturated rings. The van der Waals surface area contributed by atoms with E-state index in [1.165, 1.54) is 18.0 Å². The lowest BCUT2D eigenvalue weighted by Gasteiger charge is -2.06. The Hall–Kier alpha value is -2.42. The number of carboxylic acid groups (broad SMARTS) is 1. The Morgan fingerprint density at radius 1 is 1.29 bits per heavy atom. The number of aryl methyl sites for hydroxylation is 2. The van der Waals surface area contributed by atoms with Crippen LogP contribution in [0.4, 0.5) is 0 Å². The Labute approximate surface area is 123 Å². The lowest BCUT2D eigenvalue weighted by Crippen LogP contribution is -2.02. The summed E-state index contributed by atoms with van der Waals surface area (Å²) >= 11 is 1.25. The number of pyridine rings is 1. The fraction of sp³-hybridized carbons (Fsp3) is 0.250. The molecule has 3 heterocycles. The van der Waals surface area contributed by atoms with E-state index in [0.717, 1.165) is 5.82 Å². The molecule has 0 radical (unpaired) electrons. The van der Waals surface area contributed by atoms with E-state index in [2.05, 4.69) is 20.3 Å². The van der Waals surface area contributed by atoms with Crippen LogP contribution in [-0.2, 0) is 14.1 Å². The van der Waals surface area contributed by atoms with Gasteiger partial charge in [-0.15, -0.1) is 10.2 Å². The van der Waals surface area contributed by atoms with Crippen molar-refractivity contribution >= 4 is 28.8 Å². The Balaban J connectivity index is 2.21. The molecule has 0 saturated carbocycles. The van der Waals surface area contributed by atoms with E-state index >= 15 is 0 Å². The SMILES string of the molecule is Cc1nnc(Sc2c(C(=O)O)cnc3c2cnn3C)n1C. The quantitative estimate of drug-likeness (QED) is 0.777. The van der Waals surface area contributed by atoms with Crippen LogP contribution in [-0.4, -0.2) is 40.6 Å². The van der Waals surface area contributed by atoms with Crippen molar-refractivity contribution < 1.29 is 9.90 Å². The summed E-state index contributed by atoms with van der Waals surface area (Å²) in [4.78, 5) is 16.2. The summed E-state index contributed by atoms with van der Waals surface area (Å²) in [5.74, 6) is -0.277. The van der Waals surface area contributed by atoms with E-state index in [-0.39, 0.29) is 5.56 Å². The lowest BCUT2D eigenvalue weighted by atomic mass is 10.2. The third-order valence-corrected chi connectivity index (χ3v) is 4.37. The van der Waals surface area contributed by atoms with Gasteiger partial charge in [-0.25, -0.2) is 9.78 Å². The second-order valence-corrected chi connectivity index (χ2v) is 5.48. The predicted octanol–water partition coefficient (Wildman–Crippen LogP) is 1.25. The van der Waals surface area contributed by atoms with Crippen molar-refractivity contribution in [1.82, 2.24) is 29.5 Å². The summed E-state index contributed by atoms with van der Waals surface area (Å²) in [6, 6.07) is 0. The summed E-state index contributed by atoms with van der Waals surface area (Å²) in [5, 5.41) is 22.8. The van der Waals surface area contributed by atoms with Gasteiger partial charge in [0.2, 0.25) is 0 Å². The normalized spacial score (nSPS) is 11.2. The maximum absolute atomic E-state index is 11.4. The minimum absolute atomic E-state index is 0.126. The molecule has 0 bridgehead atoms. The fourth-order valence-corrected chi connectivity index (χ4v) is 2.94. The van der Waals surface area contributed by atoms with Gasteiger partial charge in [-0.3, -0.25) is 4.68 Å². The smallest absolute Gasteiger partial charge is 0.338 e. The average Bonchev–Trinajstić information content (AvgIpc) is 2.97. The zero-order valence-corrected chi connectivity index (χ0v) is 12.4. The number of aromatic nitrogens is 6. The molecule has 0 aromatic carbocycles. The van der Waals surface area contributed by atoms with Gasteiger partial charge >= 0.3 is 5.97 Å². The first-order chi connectivity index (χ1) is 9.99. The van der Waals surface area contributed by atoms with Crippen molar-refractivity contribution in [3.63, 3.8) is 0 Å². The highest BCUT2D eigenvalue weighted by Crippen LogP contribution is 2.34. The summed E-state index contributed by atoms with van der Waals surface area (Å²) in [7, 11) is 3.59. The maximum atomic E-state index is 11.4. The standard InChI is InChI=1S/C12H12N6O2S/c1-6-15-16-12(17(6)2)21-9-7-5-14-18(3)10(7)13-4-8(9)11(19)20/h4-5H,1-3H3,(H,19,20). The first-order valence-corrected chi connectivity index (χ1v) is 6.88. The number of carbonyl (C=O) groups is 1. The van der Waals surface area contributed by atoms with Gasteiger partial charge in [0.25, 0.3) is 0 Å². The van der Waals surface area contributed by atoms with E-state index in [9.17, 15) is 9.90 Å². The molecule has 0 unspecified atom stereocenters. The molecule has 0 atom stereocenters. The summed E-state index contributed by atoms with van der Waals surface area (Å²) in [5.41, 5.74) is 0.752. The molecule has 0 aliphatic heterocycles. The van der Waals surface area contributed by atoms with Crippen molar-refractivity contribution in [2.24, 2.45) is 14.1 Å². The zero-order valence-electron chi connectivity index (χ0n) is 11.6. The van der Waals surface area contributed by atoms with Crippen LogP contribution in [0.3, 0.4) is 0 Å². The Bertz CT molecular complexity index is 853. The fourth-order valence-electron chi connectivity index (χ4n) is 1.90. The van der Waals surface area contributed by atoms with E-state index in [4.69, 9.17) is 0 Å². The van der Waals surface area contributed by atoms with E-state index in [0.29, 0.717) is 21.1 Å². The second-order valence-electron chi connectivity index (χ2n) is 4.50. The van der Waals surface area contributed by atoms with Crippen molar-refractivity contribution in [2.45, 2.75) is 17.0 Å². The van der Waals surface area contributed by atoms with Gasteiger partial charge in [-0.1, -0.05) is 0 Å². The van der Waals surface area contributed by atoms with Crippen LogP contribution in [0, 0.1) is 6.92 Å². The van der Waals surface area contributed by atoms with E-state index < -0.39 is 5.97 Å². The highest BCUT2D eigenvalue weighted by molar-refractivity contribution is 7.99. The molecular weight excluding hydrogens is 292 g/mol. The molecule has 3 aromatic heterocycles. The number of nitrogens with zero attached hydrogens (tertiary/aromatic N) is 6. The molecule has 9 heteroatoms. The molecule has 0 aliphatic carbocycles. The summed E-state index contributed by atoms with van der Waals surface area (Å²) in [6.07, 6.45) is 2.96. The van der Waals surface area contributed by atoms with Gasteiger partial charge in [0.05, 0.1) is 17.1 Å². The van der Waals surface area contributed by atoms with Crippen molar-refractivity contribution in [3.8, 4) is 0 Å². The van der Waals surface area contributed by atoms with Crippen molar-refractivity contribution in [1.29, 1.82) is 0 Å². The Morgan fingerprint density at radius 2 is 2.05 bits per heavy atom. The molecule has 8 nitrogen and oxygen atoms in total. The highest BCUT2D eigenvalue weighted by atomic mass is 32.2. The molecular formula is C12H12N6O2S. The number of carboxylic acids is 1. The topological polar surface area (TPSA) is 98.7 Å². The van der Waals surface area contributed by atoms with Gasteiger partial charge in [0.15, 0.2) is 10.8 Å². The third-order valence-electron chi connectivity index (χ3n) is 3.19. The molecule has 0 saturated heterocycles. The molecule has 0 spiro atoms. The van der Waals surface area contributed by atoms with Gasteiger partial charge in [0, 0.05) is 25.2 Å². The number of rotatable bonds is 3. The molecule has 0 amide bonds. The van der Waals surface area contributed by atoms with Crippen molar-refractivity contribution in [2.75, 3.05) is 0 Å². The minimum Gasteiger partial charge on any atom is -0.478 e. The maximum Gasteiger partial charge on any atom is 0.338 e. The zero-order chi connectivity index (χ0) is 15.1. The van der Waals surface area contributed by atoms with Crippen LogP contribution in [0.5, 0.6) is 0 Å². The number of fused-ring (bicyclic) bond motifs is 1. The van der Waals surface area contributed by atoms with E-state index in [1.807, 2.05) is 14.0 Å². The average molecular weight is 304 g/mol. The Morgan fingerprint density at radius 3 is 2.67 bits per heavy atom. The first-order valence-electron chi connectivity index (χ1n) is 6.07. The summed E-state index contributed by atoms with van der Waals surface area (Å²) in [6.45, 7) is 1.83. The summed E-state index contributed by atoms with van der Waals surface area (Å²) < 4.78 is 3.41. The van der Waals surface area contributed by atoms with Crippen LogP contribution < -0.4 is 0 Å². The minimum atomic E-state index is -1.03. The molecule has 21 heavy (non-hydrogen) atoms. The van der Waals surface area contributed by atoms with Crippen molar-refractivity contribution in [3.05, 3.63) is 23.8 Å². The van der Waals surface area contributed by atoms with Crippen LogP contribution in [0.1, 0.15) is 16.2 Å². The predicted molar refractivity (Wildman–Crippen MR) is 75.3 cm³/mol. The third kappa shape index (κ3) is 2.15. The highest BCUT2D eigenvalue weighted by Gasteiger charge is 2.20. The van der Waals surface area contributed by atoms with Gasteiger partial charge in [-0.05, 0) is 18.7 Å². The van der Waals surface area contributed by atoms with Crippen LogP contribution >= 0.6 is 11.8 Å². The second kappa shape index (κ2) is 4.85. The van der Waals surface area contributed by atoms with Crippen LogP contribution in [0.25, 0.3) is 11.0 Å². The van der Waals surface area contributed by atoms with Crippen LogP contribution in [0.15, 0.2) is 22.4 Å². The van der Waals surface area contributed by atoms with Gasteiger partial charge in [-0.2, -0.15) is 5.10 Å². The monoisotopic (exact) mass is 304 g/mol. The van der Waals surface area contributed by atoms with E-state index in [1.54, 1.807) is 22.5 Å². The molecule has 3 aromatic rings. The molecule has 1 N–H and O–H groups in total. The number of hydrogen-bond acceptors (Lipinski definition) is 6. The van der Waals surface area contributed by atoms with Gasteiger partial charge < -0.3 is 9.67 Å². The van der Waals surface area contributed by atoms with Gasteiger partial charge in [0.1, 0.15) is 5.82 Å². The number of aromatic carboxylic acids is 1. The molecule has 108 valence electrons.